The Hall–Kier alpha value is -2.77. The number of halogens is 1. The summed E-state index contributed by atoms with van der Waals surface area (Å²) in [6, 6.07) is 57.5. The van der Waals surface area contributed by atoms with Gasteiger partial charge in [0.05, 0.1) is 0 Å². The summed E-state index contributed by atoms with van der Waals surface area (Å²) in [5, 5.41) is 8.05. The van der Waals surface area contributed by atoms with Crippen molar-refractivity contribution in [1.82, 2.24) is 0 Å². The molecule has 0 spiro atoms. The average Bonchev–Trinajstić information content (AvgIpc) is 3.09. The Labute approximate surface area is 283 Å². The third-order valence-corrected chi connectivity index (χ3v) is 13.9. The molecule has 0 fully saturated rings. The van der Waals surface area contributed by atoms with Gasteiger partial charge in [-0.3, -0.25) is 0 Å². The van der Waals surface area contributed by atoms with Gasteiger partial charge in [0, 0.05) is 16.5 Å². The maximum atomic E-state index is 7.27. The van der Waals surface area contributed by atoms with Crippen LogP contribution in [0.3, 0.4) is 0 Å². The fourth-order valence-corrected chi connectivity index (χ4v) is 11.7. The number of benzene rings is 6. The molecule has 0 aromatic heterocycles. The third kappa shape index (κ3) is 6.06. The fourth-order valence-electron chi connectivity index (χ4n) is 6.29. The van der Waals surface area contributed by atoms with Crippen molar-refractivity contribution in [2.24, 2.45) is 0 Å². The fraction of sp³-hybridized carbons (Fsp3) is 0.0769. The molecule has 1 nitrogen and oxygen atoms in total. The summed E-state index contributed by atoms with van der Waals surface area (Å²) in [6.45, 7) is 4.71. The molecule has 1 aliphatic heterocycles. The van der Waals surface area contributed by atoms with Gasteiger partial charge in [0.2, 0.25) is 0 Å². The third-order valence-electron chi connectivity index (χ3n) is 8.37. The van der Waals surface area contributed by atoms with Gasteiger partial charge in [-0.05, 0) is 60.7 Å². The molecule has 6 aromatic carbocycles. The minimum absolute atomic E-state index is 0.213. The summed E-state index contributed by atoms with van der Waals surface area (Å²) >= 11 is 5.87. The van der Waals surface area contributed by atoms with Gasteiger partial charge in [0.15, 0.2) is 11.5 Å². The van der Waals surface area contributed by atoms with Crippen molar-refractivity contribution in [3.63, 3.8) is 0 Å². The molecule has 0 bridgehead atoms. The quantitative estimate of drug-likeness (QED) is 0.0949. The molecule has 5 heteroatoms. The SMILES string of the molecule is CC1(C)c2cccc([PH+](c3ccccc3)c3ccccc3)c2Oc2c([PH+](c3ccccc3)c3ccccc3)cccc21.[Cu][I]. The molecular weight excluding hydrogens is 737 g/mol. The van der Waals surface area contributed by atoms with Crippen molar-refractivity contribution in [3.05, 3.63) is 169 Å². The Kier molecular flexibility index (Phi) is 10.0. The second kappa shape index (κ2) is 14.1. The number of para-hydroxylation sites is 2. The topological polar surface area (TPSA) is 9.23 Å². The Morgan fingerprint density at radius 1 is 0.432 bits per heavy atom. The van der Waals surface area contributed by atoms with Crippen LogP contribution in [0.5, 0.6) is 11.5 Å². The van der Waals surface area contributed by atoms with Gasteiger partial charge in [-0.1, -0.05) is 111 Å². The van der Waals surface area contributed by atoms with Crippen molar-refractivity contribution in [3.8, 4) is 11.5 Å². The van der Waals surface area contributed by atoms with Crippen LogP contribution < -0.4 is 36.6 Å². The molecule has 0 amide bonds. The Bertz CT molecular complexity index is 1620. The number of fused-ring (bicyclic) bond motifs is 2. The maximum absolute atomic E-state index is 7.27. The second-order valence-corrected chi connectivity index (χ2v) is 16.2. The van der Waals surface area contributed by atoms with E-state index in [1.54, 1.807) is 20.3 Å². The van der Waals surface area contributed by atoms with Gasteiger partial charge < -0.3 is 4.74 Å². The van der Waals surface area contributed by atoms with Gasteiger partial charge >= 0.3 is 33.1 Å². The van der Waals surface area contributed by atoms with Crippen molar-refractivity contribution >= 4 is 68.0 Å². The minimum atomic E-state index is -1.32. The van der Waals surface area contributed by atoms with Crippen LogP contribution in [-0.4, -0.2) is 0 Å². The van der Waals surface area contributed by atoms with Crippen molar-refractivity contribution < 1.29 is 17.5 Å². The molecular formula is C39H34CuIOP2+2. The molecule has 6 aromatic rings. The summed E-state index contributed by atoms with van der Waals surface area (Å²) in [5.74, 6) is 2.07. The molecule has 0 saturated heterocycles. The van der Waals surface area contributed by atoms with E-state index in [-0.39, 0.29) is 5.41 Å². The van der Waals surface area contributed by atoms with Crippen LogP contribution in [0.4, 0.5) is 0 Å². The Balaban J connectivity index is 0.00000168. The first-order valence-electron chi connectivity index (χ1n) is 14.7. The van der Waals surface area contributed by atoms with E-state index in [1.165, 1.54) is 43.0 Å². The van der Waals surface area contributed by atoms with E-state index in [0.717, 1.165) is 11.5 Å². The summed E-state index contributed by atoms with van der Waals surface area (Å²) in [6.07, 6.45) is 0. The van der Waals surface area contributed by atoms with E-state index < -0.39 is 15.8 Å². The molecule has 0 N–H and O–H groups in total. The second-order valence-electron chi connectivity index (χ2n) is 11.3. The normalized spacial score (nSPS) is 12.9. The van der Waals surface area contributed by atoms with Gasteiger partial charge in [0.25, 0.3) is 0 Å². The summed E-state index contributed by atoms with van der Waals surface area (Å²) in [7, 11) is -2.64. The van der Waals surface area contributed by atoms with Gasteiger partial charge in [-0.25, -0.2) is 0 Å². The van der Waals surface area contributed by atoms with Crippen molar-refractivity contribution in [2.45, 2.75) is 19.3 Å². The molecule has 0 unspecified atom stereocenters. The molecule has 1 aliphatic rings. The van der Waals surface area contributed by atoms with Crippen LogP contribution >= 0.6 is 36.2 Å². The molecule has 7 rings (SSSR count). The summed E-state index contributed by atoms with van der Waals surface area (Å²) in [5.41, 5.74) is 2.30. The van der Waals surface area contributed by atoms with Crippen LogP contribution in [0, 0.1) is 0 Å². The number of hydrogen-bond donors (Lipinski definition) is 0. The standard InChI is InChI=1S/C39H32OP2.Cu.HI/c1-39(2)33-25-15-27-35(41(29-17-7-3-8-18-29)30-19-9-4-10-20-30)37(33)40-38-34(39)26-16-28-36(38)42(31-21-11-5-12-22-31)32-23-13-6-14-24-32;;/h3-28H,1-2H3;;1H/q;+1;/p+1. The van der Waals surface area contributed by atoms with E-state index in [2.05, 4.69) is 184 Å². The van der Waals surface area contributed by atoms with Gasteiger partial charge in [0.1, 0.15) is 47.7 Å². The van der Waals surface area contributed by atoms with Crippen LogP contribution in [-0.2, 0) is 18.2 Å². The van der Waals surface area contributed by atoms with Gasteiger partial charge in [-0.15, -0.1) is 0 Å². The van der Waals surface area contributed by atoms with E-state index >= 15 is 0 Å². The predicted octanol–water partition coefficient (Wildman–Crippen LogP) is 7.98. The van der Waals surface area contributed by atoms with Crippen LogP contribution in [0.1, 0.15) is 25.0 Å². The van der Waals surface area contributed by atoms with Crippen LogP contribution in [0.25, 0.3) is 0 Å². The first-order chi connectivity index (χ1) is 21.6. The zero-order chi connectivity index (χ0) is 30.5. The van der Waals surface area contributed by atoms with Crippen molar-refractivity contribution in [1.29, 1.82) is 0 Å². The number of rotatable bonds is 6. The van der Waals surface area contributed by atoms with E-state index in [4.69, 9.17) is 4.74 Å². The zero-order valence-electron chi connectivity index (χ0n) is 24.6. The van der Waals surface area contributed by atoms with E-state index in [0.29, 0.717) is 0 Å². The number of ether oxygens (including phenoxy) is 1. The zero-order valence-corrected chi connectivity index (χ0v) is 29.7. The Morgan fingerprint density at radius 2 is 0.727 bits per heavy atom. The molecule has 0 atom stereocenters. The molecule has 1 heterocycles. The van der Waals surface area contributed by atoms with E-state index in [1.807, 2.05) is 0 Å². The van der Waals surface area contributed by atoms with Gasteiger partial charge in [-0.2, -0.15) is 0 Å². The molecule has 44 heavy (non-hydrogen) atoms. The molecule has 0 radical (unpaired) electrons. The van der Waals surface area contributed by atoms with Crippen molar-refractivity contribution in [2.75, 3.05) is 0 Å². The molecule has 0 saturated carbocycles. The first-order valence-corrected chi connectivity index (χ1v) is 20.7. The number of hydrogen-bond acceptors (Lipinski definition) is 1. The molecule has 222 valence electrons. The predicted molar refractivity (Wildman–Crippen MR) is 199 cm³/mol. The first kappa shape index (κ1) is 31.2. The monoisotopic (exact) mass is 770 g/mol. The van der Waals surface area contributed by atoms with E-state index in [9.17, 15) is 0 Å². The summed E-state index contributed by atoms with van der Waals surface area (Å²) in [4.78, 5) is 0. The molecule has 0 aliphatic carbocycles. The van der Waals surface area contributed by atoms with Crippen LogP contribution in [0.2, 0.25) is 0 Å². The van der Waals surface area contributed by atoms with Crippen LogP contribution in [0.15, 0.2) is 158 Å². The summed E-state index contributed by atoms with van der Waals surface area (Å²) < 4.78 is 7.27. The Morgan fingerprint density at radius 3 is 1.02 bits per heavy atom. The average molecular weight is 771 g/mol.